The summed E-state index contributed by atoms with van der Waals surface area (Å²) in [6, 6.07) is 45.3. The predicted molar refractivity (Wildman–Crippen MR) is 475 cm³/mol. The average molecular weight is 1910 g/mol. The quantitative estimate of drug-likeness (QED) is 0.0401. The Bertz CT molecular complexity index is 3450. The largest absolute Gasteiger partial charge is 4.00 e. The van der Waals surface area contributed by atoms with Gasteiger partial charge < -0.3 is 36.1 Å². The number of hydrogen-bond acceptors (Lipinski definition) is 0. The Hall–Kier alpha value is -1.30. The van der Waals surface area contributed by atoms with Crippen molar-refractivity contribution >= 4 is 132 Å². The van der Waals surface area contributed by atoms with Gasteiger partial charge in [0, 0.05) is 29.7 Å². The van der Waals surface area contributed by atoms with Gasteiger partial charge >= 0.3 is 64.1 Å². The standard InChI is InChI=1S/C30H50Br2Si.C30H34Br2Si.2C15H16N2.2CH3.2ClH.2Zr/c2*1-17-13-23-19-9-5-7-11-21(19)27(31)15-25(23)29(17)33(3,4)30-18(2)14-24-20-10-6-8-12-22(20)28(32)16-26(24)30;2*1-3-8-14(9-4-1)16-12-7-13-17-15-10-5-2-6-11-15;;;;;;/h17-30H,5-16H2,1-4H3;13-16,29-30H,5-12H2,1-4H3;2*1-6,8-11H,7,12-13H2;2*1H3;2*1H;;/q;;2*-2;2*-1;;;2*+4/p-2. The van der Waals surface area contributed by atoms with Gasteiger partial charge in [0.05, 0.1) is 16.1 Å². The van der Waals surface area contributed by atoms with Crippen LogP contribution in [0.15, 0.2) is 154 Å². The van der Waals surface area contributed by atoms with Crippen molar-refractivity contribution in [1.82, 2.24) is 0 Å². The van der Waals surface area contributed by atoms with Crippen LogP contribution in [0.5, 0.6) is 0 Å². The topological polar surface area (TPSA) is 56.4 Å². The number of halogens is 6. The molecule has 6 fully saturated rings. The number of allylic oxidation sites excluding steroid dienone is 2. The van der Waals surface area contributed by atoms with E-state index in [0.29, 0.717) is 11.1 Å². The molecule has 6 aromatic rings. The zero-order valence-electron chi connectivity index (χ0n) is 65.5. The van der Waals surface area contributed by atoms with Crippen molar-refractivity contribution in [2.45, 2.75) is 227 Å². The Labute approximate surface area is 717 Å². The average Bonchev–Trinajstić information content (AvgIpc) is 1.55. The van der Waals surface area contributed by atoms with Gasteiger partial charge in [-0.1, -0.05) is 287 Å². The van der Waals surface area contributed by atoms with Crippen LogP contribution in [0.3, 0.4) is 0 Å². The van der Waals surface area contributed by atoms with Crippen LogP contribution < -0.4 is 0 Å². The number of para-hydroxylation sites is 4. The summed E-state index contributed by atoms with van der Waals surface area (Å²) in [4.78, 5) is 1.64. The maximum Gasteiger partial charge on any atom is 4.00 e. The van der Waals surface area contributed by atoms with Crippen LogP contribution in [-0.2, 0) is 72.7 Å². The zero-order chi connectivity index (χ0) is 72.4. The fourth-order valence-electron chi connectivity index (χ4n) is 23.6. The molecule has 0 heterocycles. The van der Waals surface area contributed by atoms with Crippen LogP contribution >= 0.6 is 80.7 Å². The smallest absolute Gasteiger partial charge is 0.684 e. The van der Waals surface area contributed by atoms with Gasteiger partial charge in [0.25, 0.3) is 0 Å². The molecule has 6 aromatic carbocycles. The summed E-state index contributed by atoms with van der Waals surface area (Å²) in [6.07, 6.45) is 35.8. The second-order valence-corrected chi connectivity index (χ2v) is 51.4. The minimum atomic E-state index is -1.78. The molecule has 0 radical (unpaired) electrons. The van der Waals surface area contributed by atoms with E-state index in [4.69, 9.17) is 17.0 Å². The van der Waals surface area contributed by atoms with E-state index in [1.54, 1.807) is 81.3 Å². The van der Waals surface area contributed by atoms with Gasteiger partial charge in [-0.25, -0.2) is 0 Å². The fourth-order valence-corrected chi connectivity index (χ4v) is 38.7. The molecule has 16 unspecified atom stereocenters. The first-order chi connectivity index (χ1) is 49.9. The molecular formula is C92H122Br4Cl2N4Si2Zr2. The van der Waals surface area contributed by atoms with Crippen LogP contribution in [-0.4, -0.2) is 52.0 Å². The molecule has 14 heteroatoms. The molecule has 0 bridgehead atoms. The molecule has 16 atom stereocenters. The third-order valence-corrected chi connectivity index (χ3v) is 40.4. The summed E-state index contributed by atoms with van der Waals surface area (Å²) in [7, 11) is 6.69. The Kier molecular flexibility index (Phi) is 35.0. The van der Waals surface area contributed by atoms with Crippen molar-refractivity contribution in [2.75, 3.05) is 26.2 Å². The Morgan fingerprint density at radius 3 is 1.01 bits per heavy atom. The molecule has 0 amide bonds. The molecule has 16 rings (SSSR count). The number of alkyl halides is 2. The van der Waals surface area contributed by atoms with Crippen LogP contribution in [0.4, 0.5) is 22.7 Å². The fraction of sp³-hybridized carbons (Fsp3) is 0.543. The third kappa shape index (κ3) is 20.7. The summed E-state index contributed by atoms with van der Waals surface area (Å²) >= 11 is 15.7. The molecule has 106 heavy (non-hydrogen) atoms. The van der Waals surface area contributed by atoms with E-state index in [2.05, 4.69) is 163 Å². The van der Waals surface area contributed by atoms with Crippen LogP contribution in [0.1, 0.15) is 199 Å². The van der Waals surface area contributed by atoms with E-state index >= 15 is 0 Å². The van der Waals surface area contributed by atoms with Crippen LogP contribution in [0, 0.1) is 74.0 Å². The molecule has 0 N–H and O–H groups in total. The van der Waals surface area contributed by atoms with Crippen LogP contribution in [0.2, 0.25) is 37.3 Å². The maximum atomic E-state index is 4.93. The van der Waals surface area contributed by atoms with Gasteiger partial charge in [0.1, 0.15) is 0 Å². The van der Waals surface area contributed by atoms with Crippen molar-refractivity contribution in [3.8, 4) is 0 Å². The molecule has 0 saturated heterocycles. The molecule has 0 spiro atoms. The minimum Gasteiger partial charge on any atom is -0.684 e. The van der Waals surface area contributed by atoms with Gasteiger partial charge in [-0.3, -0.25) is 0 Å². The number of hydrogen-bond donors (Lipinski definition) is 0. The van der Waals surface area contributed by atoms with Crippen molar-refractivity contribution in [2.24, 2.45) is 59.2 Å². The number of nitrogens with zero attached hydrogens (tertiary/aromatic N) is 4. The summed E-state index contributed by atoms with van der Waals surface area (Å²) in [5.41, 5.74) is 23.6. The molecule has 10 aliphatic carbocycles. The van der Waals surface area contributed by atoms with Crippen molar-refractivity contribution in [3.63, 3.8) is 0 Å². The molecule has 0 aromatic heterocycles. The number of rotatable bonds is 16. The van der Waals surface area contributed by atoms with Gasteiger partial charge in [-0.2, -0.15) is 0 Å². The Morgan fingerprint density at radius 1 is 0.406 bits per heavy atom. The minimum absolute atomic E-state index is 0. The summed E-state index contributed by atoms with van der Waals surface area (Å²) in [6.45, 7) is 24.7. The molecule has 568 valence electrons. The maximum absolute atomic E-state index is 4.93. The second kappa shape index (κ2) is 41.8. The van der Waals surface area contributed by atoms with Crippen LogP contribution in [0.25, 0.3) is 33.4 Å². The summed E-state index contributed by atoms with van der Waals surface area (Å²) in [5, 5.41) is 17.9. The molecule has 6 saturated carbocycles. The monoisotopic (exact) mass is 1900 g/mol. The van der Waals surface area contributed by atoms with E-state index in [1.807, 2.05) is 121 Å². The first kappa shape index (κ1) is 88.6. The van der Waals surface area contributed by atoms with E-state index in [9.17, 15) is 0 Å². The molecule has 4 nitrogen and oxygen atoms in total. The third-order valence-electron chi connectivity index (χ3n) is 27.0. The number of benzene rings is 6. The van der Waals surface area contributed by atoms with Crippen molar-refractivity contribution in [3.05, 3.63) is 234 Å². The van der Waals surface area contributed by atoms with Gasteiger partial charge in [-0.15, -0.1) is 48.9 Å². The van der Waals surface area contributed by atoms with Gasteiger partial charge in [0.2, 0.25) is 0 Å². The summed E-state index contributed by atoms with van der Waals surface area (Å²) in [5.74, 6) is 10.3. The van der Waals surface area contributed by atoms with Crippen molar-refractivity contribution < 1.29 is 47.1 Å². The molecular weight excluding hydrogens is 1790 g/mol. The first-order valence-corrected chi connectivity index (χ1v) is 56.1. The Balaban J connectivity index is 0.000000167. The molecule has 10 aliphatic rings. The van der Waals surface area contributed by atoms with Gasteiger partial charge in [-0.05, 0) is 243 Å². The normalized spacial score (nSPS) is 28.2. The SMILES string of the molecule is CC1=Cc2c(cc(Br)c3c2CCCC3)C1[Si](C)(C)C1C(C)=Cc2c1cc(Br)c1c2CCCC1.CC1CC2C3CCCCC3C(Br)CC2C1[Si](C)(C)C1C(C)CC2C3CCCCC3C(Br)CC21.[CH3-].[CH3-].[Cl][Zr+2][Cl].[Zr+4].c1ccc([N-]CCC[N-]c2ccccc2)cc1.c1ccc([N-]CCC[N-]c2ccccc2)cc1. The van der Waals surface area contributed by atoms with Gasteiger partial charge in [0.15, 0.2) is 0 Å². The Morgan fingerprint density at radius 2 is 0.698 bits per heavy atom. The predicted octanol–water partition coefficient (Wildman–Crippen LogP) is 31.2. The number of fused-ring (bicyclic) bond motifs is 12. The van der Waals surface area contributed by atoms with E-state index in [0.717, 1.165) is 142 Å². The van der Waals surface area contributed by atoms with E-state index in [1.165, 1.54) is 112 Å². The second-order valence-electron chi connectivity index (χ2n) is 33.8. The van der Waals surface area contributed by atoms with Crippen molar-refractivity contribution in [1.29, 1.82) is 0 Å². The van der Waals surface area contributed by atoms with E-state index in [-0.39, 0.29) is 41.1 Å². The molecule has 0 aliphatic heterocycles. The first-order valence-electron chi connectivity index (χ1n) is 40.1. The van der Waals surface area contributed by atoms with E-state index < -0.39 is 37.0 Å². The zero-order valence-corrected chi connectivity index (χ0v) is 80.3. The summed E-state index contributed by atoms with van der Waals surface area (Å²) < 4.78 is 2.73.